The van der Waals surface area contributed by atoms with E-state index in [0.717, 1.165) is 15.9 Å². The van der Waals surface area contributed by atoms with Gasteiger partial charge in [0.25, 0.3) is 0 Å². The number of benzene rings is 1. The summed E-state index contributed by atoms with van der Waals surface area (Å²) in [6, 6.07) is 7.14. The van der Waals surface area contributed by atoms with Crippen molar-refractivity contribution in [2.24, 2.45) is 0 Å². The van der Waals surface area contributed by atoms with Crippen molar-refractivity contribution in [3.8, 4) is 28.4 Å². The zero-order valence-corrected chi connectivity index (χ0v) is 11.0. The van der Waals surface area contributed by atoms with Crippen LogP contribution in [0, 0.1) is 5.21 Å². The van der Waals surface area contributed by atoms with Crippen molar-refractivity contribution in [3.63, 3.8) is 0 Å². The molecule has 0 saturated carbocycles. The third kappa shape index (κ3) is 2.54. The van der Waals surface area contributed by atoms with E-state index in [2.05, 4.69) is 0 Å². The fourth-order valence-corrected chi connectivity index (χ4v) is 1.85. The molecule has 100 valence electrons. The van der Waals surface area contributed by atoms with E-state index in [1.807, 2.05) is 12.1 Å². The molecular formula is C14H15NO4. The summed E-state index contributed by atoms with van der Waals surface area (Å²) in [7, 11) is 4.69. The van der Waals surface area contributed by atoms with Crippen LogP contribution in [0.15, 0.2) is 36.7 Å². The van der Waals surface area contributed by atoms with E-state index in [9.17, 15) is 5.21 Å². The second-order valence-electron chi connectivity index (χ2n) is 3.86. The number of hydrogen-bond donors (Lipinski definition) is 0. The number of hydrogen-bond acceptors (Lipinski definition) is 4. The molecule has 2 rings (SSSR count). The lowest BCUT2D eigenvalue weighted by Crippen LogP contribution is -2.23. The van der Waals surface area contributed by atoms with Crippen LogP contribution in [0.4, 0.5) is 0 Å². The first-order valence-corrected chi connectivity index (χ1v) is 5.68. The largest absolute Gasteiger partial charge is 0.619 e. The molecule has 19 heavy (non-hydrogen) atoms. The van der Waals surface area contributed by atoms with Gasteiger partial charge in [-0.05, 0) is 23.3 Å². The van der Waals surface area contributed by atoms with Gasteiger partial charge < -0.3 is 19.4 Å². The molecule has 0 aliphatic heterocycles. The molecule has 0 radical (unpaired) electrons. The summed E-state index contributed by atoms with van der Waals surface area (Å²) in [6.07, 6.45) is 2.89. The minimum Gasteiger partial charge on any atom is -0.619 e. The summed E-state index contributed by atoms with van der Waals surface area (Å²) in [5, 5.41) is 11.0. The number of methoxy groups -OCH3 is 3. The summed E-state index contributed by atoms with van der Waals surface area (Å²) in [5.41, 5.74) is 1.78. The highest BCUT2D eigenvalue weighted by Gasteiger charge is 2.14. The normalized spacial score (nSPS) is 10.1. The van der Waals surface area contributed by atoms with Gasteiger partial charge in [-0.1, -0.05) is 0 Å². The molecule has 0 fully saturated rings. The summed E-state index contributed by atoms with van der Waals surface area (Å²) in [6.45, 7) is 0. The first-order valence-electron chi connectivity index (χ1n) is 5.68. The Morgan fingerprint density at radius 3 is 1.79 bits per heavy atom. The highest BCUT2D eigenvalue weighted by molar-refractivity contribution is 5.70. The van der Waals surface area contributed by atoms with E-state index in [0.29, 0.717) is 17.2 Å². The molecule has 0 spiro atoms. The van der Waals surface area contributed by atoms with E-state index < -0.39 is 0 Å². The number of pyridine rings is 1. The molecule has 2 aromatic rings. The van der Waals surface area contributed by atoms with Gasteiger partial charge in [-0.15, -0.1) is 0 Å². The number of aromatic nitrogens is 1. The first kappa shape index (κ1) is 13.0. The number of ether oxygens (including phenoxy) is 3. The van der Waals surface area contributed by atoms with Crippen LogP contribution in [-0.2, 0) is 0 Å². The maximum Gasteiger partial charge on any atom is 0.203 e. The molecule has 0 N–H and O–H groups in total. The number of rotatable bonds is 4. The molecule has 1 aromatic carbocycles. The Morgan fingerprint density at radius 2 is 1.37 bits per heavy atom. The Morgan fingerprint density at radius 1 is 0.842 bits per heavy atom. The third-order valence-corrected chi connectivity index (χ3v) is 2.80. The second-order valence-corrected chi connectivity index (χ2v) is 3.86. The molecular weight excluding hydrogens is 246 g/mol. The molecule has 1 heterocycles. The second kappa shape index (κ2) is 5.48. The van der Waals surface area contributed by atoms with Gasteiger partial charge in [0, 0.05) is 12.1 Å². The lowest BCUT2D eigenvalue weighted by atomic mass is 10.1. The van der Waals surface area contributed by atoms with Crippen molar-refractivity contribution in [2.75, 3.05) is 21.3 Å². The van der Waals surface area contributed by atoms with Crippen LogP contribution in [0.5, 0.6) is 17.2 Å². The van der Waals surface area contributed by atoms with Crippen LogP contribution in [-0.4, -0.2) is 21.3 Å². The summed E-state index contributed by atoms with van der Waals surface area (Å²) in [4.78, 5) is 0. The molecule has 5 heteroatoms. The van der Waals surface area contributed by atoms with Crippen LogP contribution in [0.3, 0.4) is 0 Å². The molecule has 0 aliphatic carbocycles. The van der Waals surface area contributed by atoms with Crippen molar-refractivity contribution in [1.82, 2.24) is 0 Å². The quantitative estimate of drug-likeness (QED) is 0.624. The highest BCUT2D eigenvalue weighted by Crippen LogP contribution is 2.40. The molecule has 0 amide bonds. The van der Waals surface area contributed by atoms with Crippen LogP contribution in [0.2, 0.25) is 0 Å². The lowest BCUT2D eigenvalue weighted by molar-refractivity contribution is -0.605. The Kier molecular flexibility index (Phi) is 3.75. The van der Waals surface area contributed by atoms with Crippen molar-refractivity contribution < 1.29 is 18.9 Å². The van der Waals surface area contributed by atoms with Crippen LogP contribution in [0.25, 0.3) is 11.1 Å². The molecule has 0 atom stereocenters. The predicted octanol–water partition coefficient (Wildman–Crippen LogP) is 2.01. The van der Waals surface area contributed by atoms with E-state index in [1.54, 1.807) is 33.5 Å². The lowest BCUT2D eigenvalue weighted by Gasteiger charge is -2.14. The molecule has 0 bridgehead atoms. The van der Waals surface area contributed by atoms with Gasteiger partial charge in [-0.2, -0.15) is 4.73 Å². The minimum absolute atomic E-state index is 0.545. The van der Waals surface area contributed by atoms with Crippen molar-refractivity contribution in [3.05, 3.63) is 41.9 Å². The average Bonchev–Trinajstić information content (AvgIpc) is 2.46. The molecule has 0 aliphatic rings. The SMILES string of the molecule is COc1cc(-c2cc[n+]([O-])cc2)cc(OC)c1OC. The summed E-state index contributed by atoms with van der Waals surface area (Å²) >= 11 is 0. The summed E-state index contributed by atoms with van der Waals surface area (Å²) in [5.74, 6) is 1.70. The Hall–Kier alpha value is -2.43. The Labute approximate surface area is 111 Å². The van der Waals surface area contributed by atoms with Crippen LogP contribution >= 0.6 is 0 Å². The van der Waals surface area contributed by atoms with Gasteiger partial charge >= 0.3 is 0 Å². The zero-order valence-electron chi connectivity index (χ0n) is 11.0. The van der Waals surface area contributed by atoms with Gasteiger partial charge in [-0.25, -0.2) is 0 Å². The van der Waals surface area contributed by atoms with E-state index in [1.165, 1.54) is 12.4 Å². The topological polar surface area (TPSA) is 54.6 Å². The van der Waals surface area contributed by atoms with Gasteiger partial charge in [0.15, 0.2) is 23.9 Å². The minimum atomic E-state index is 0.545. The van der Waals surface area contributed by atoms with Gasteiger partial charge in [0.05, 0.1) is 21.3 Å². The van der Waals surface area contributed by atoms with Gasteiger partial charge in [0.1, 0.15) is 0 Å². The Balaban J connectivity index is 2.55. The summed E-state index contributed by atoms with van der Waals surface area (Å²) < 4.78 is 16.6. The highest BCUT2D eigenvalue weighted by atomic mass is 16.5. The monoisotopic (exact) mass is 261 g/mol. The smallest absolute Gasteiger partial charge is 0.203 e. The fraction of sp³-hybridized carbons (Fsp3) is 0.214. The van der Waals surface area contributed by atoms with Crippen molar-refractivity contribution in [1.29, 1.82) is 0 Å². The standard InChI is InChI=1S/C14H15NO4/c1-17-12-8-11(9-13(18-2)14(12)19-3)10-4-6-15(16)7-5-10/h4-9H,1-3H3. The molecule has 0 saturated heterocycles. The molecule has 5 nitrogen and oxygen atoms in total. The maximum absolute atomic E-state index is 11.0. The third-order valence-electron chi connectivity index (χ3n) is 2.80. The maximum atomic E-state index is 11.0. The first-order chi connectivity index (χ1) is 9.19. The van der Waals surface area contributed by atoms with Crippen LogP contribution in [0.1, 0.15) is 0 Å². The van der Waals surface area contributed by atoms with Gasteiger partial charge in [-0.3, -0.25) is 0 Å². The molecule has 0 unspecified atom stereocenters. The average molecular weight is 261 g/mol. The van der Waals surface area contributed by atoms with Crippen molar-refractivity contribution in [2.45, 2.75) is 0 Å². The zero-order chi connectivity index (χ0) is 13.8. The Bertz CT molecular complexity index is 541. The van der Waals surface area contributed by atoms with Crippen LogP contribution < -0.4 is 18.9 Å². The van der Waals surface area contributed by atoms with Gasteiger partial charge in [0.2, 0.25) is 5.75 Å². The molecule has 1 aromatic heterocycles. The van der Waals surface area contributed by atoms with E-state index >= 15 is 0 Å². The predicted molar refractivity (Wildman–Crippen MR) is 70.5 cm³/mol. The fourth-order valence-electron chi connectivity index (χ4n) is 1.85. The number of nitrogens with zero attached hydrogens (tertiary/aromatic N) is 1. The van der Waals surface area contributed by atoms with Crippen molar-refractivity contribution >= 4 is 0 Å². The van der Waals surface area contributed by atoms with E-state index in [4.69, 9.17) is 14.2 Å². The van der Waals surface area contributed by atoms with E-state index in [-0.39, 0.29) is 0 Å².